The van der Waals surface area contributed by atoms with Gasteiger partial charge >= 0.3 is 5.97 Å². The second-order valence-corrected chi connectivity index (χ2v) is 13.9. The molecule has 2 bridgehead atoms. The maximum Gasteiger partial charge on any atom is 0.357 e. The quantitative estimate of drug-likeness (QED) is 0.192. The van der Waals surface area contributed by atoms with Crippen molar-refractivity contribution in [3.8, 4) is 27.3 Å². The number of rotatable bonds is 7. The number of amides is 2. The van der Waals surface area contributed by atoms with Crippen molar-refractivity contribution in [2.24, 2.45) is 11.7 Å². The van der Waals surface area contributed by atoms with Crippen LogP contribution in [-0.4, -0.2) is 42.0 Å². The van der Waals surface area contributed by atoms with Gasteiger partial charge in [-0.15, -0.1) is 11.3 Å². The average Bonchev–Trinajstić information content (AvgIpc) is 3.79. The third kappa shape index (κ3) is 5.70. The predicted molar refractivity (Wildman–Crippen MR) is 182 cm³/mol. The Balaban J connectivity index is 1.34. The molecule has 4 aromatic rings. The molecule has 242 valence electrons. The van der Waals surface area contributed by atoms with Crippen LogP contribution in [0.25, 0.3) is 21.6 Å². The van der Waals surface area contributed by atoms with Gasteiger partial charge in [-0.3, -0.25) is 9.59 Å². The lowest BCUT2D eigenvalue weighted by Gasteiger charge is -2.27. The molecule has 2 aliphatic carbocycles. The third-order valence-electron chi connectivity index (χ3n) is 9.97. The van der Waals surface area contributed by atoms with Gasteiger partial charge in [0.2, 0.25) is 0 Å². The number of anilines is 1. The van der Waals surface area contributed by atoms with Crippen molar-refractivity contribution < 1.29 is 23.9 Å². The average molecular weight is 651 g/mol. The maximum atomic E-state index is 14.3. The number of methoxy groups -OCH3 is 1. The molecular formula is C37H38N4O5S. The van der Waals surface area contributed by atoms with Gasteiger partial charge in [-0.05, 0) is 110 Å². The molecule has 3 aliphatic rings. The molecule has 2 fully saturated rings. The Morgan fingerprint density at radius 3 is 2.47 bits per heavy atom. The van der Waals surface area contributed by atoms with E-state index < -0.39 is 5.97 Å². The number of nitrogens with one attached hydrogen (secondary N) is 2. The van der Waals surface area contributed by atoms with Crippen LogP contribution in [0.2, 0.25) is 0 Å². The van der Waals surface area contributed by atoms with E-state index in [1.807, 2.05) is 37.4 Å². The van der Waals surface area contributed by atoms with Gasteiger partial charge in [-0.1, -0.05) is 12.1 Å². The first kappa shape index (κ1) is 31.1. The Bertz CT molecular complexity index is 1900. The maximum absolute atomic E-state index is 14.3. The van der Waals surface area contributed by atoms with Crippen molar-refractivity contribution in [1.29, 1.82) is 0 Å². The van der Waals surface area contributed by atoms with E-state index >= 15 is 0 Å². The lowest BCUT2D eigenvalue weighted by atomic mass is 9.92. The van der Waals surface area contributed by atoms with Crippen molar-refractivity contribution in [3.05, 3.63) is 87.0 Å². The summed E-state index contributed by atoms with van der Waals surface area (Å²) in [6.45, 7) is 4.74. The molecule has 2 saturated carbocycles. The Labute approximate surface area is 277 Å². The van der Waals surface area contributed by atoms with Crippen LogP contribution >= 0.6 is 11.3 Å². The number of thiophene rings is 1. The molecule has 1 aliphatic heterocycles. The van der Waals surface area contributed by atoms with Gasteiger partial charge in [0.05, 0.1) is 13.7 Å². The highest BCUT2D eigenvalue weighted by atomic mass is 32.1. The van der Waals surface area contributed by atoms with Crippen LogP contribution in [0.5, 0.6) is 5.75 Å². The van der Waals surface area contributed by atoms with E-state index in [1.165, 1.54) is 7.11 Å². The first-order valence-corrected chi connectivity index (χ1v) is 17.0. The number of hydrogen-bond acceptors (Lipinski definition) is 8. The second-order valence-electron chi connectivity index (χ2n) is 13.0. The van der Waals surface area contributed by atoms with Crippen LogP contribution in [0.3, 0.4) is 0 Å². The normalized spacial score (nSPS) is 19.3. The molecule has 0 saturated heterocycles. The molecule has 0 unspecified atom stereocenters. The summed E-state index contributed by atoms with van der Waals surface area (Å²) >= 11 is 1.60. The number of fused-ring (bicyclic) bond motifs is 5. The minimum atomic E-state index is -0.707. The topological polar surface area (TPSA) is 133 Å². The number of hydrogen-bond donors (Lipinski definition) is 3. The van der Waals surface area contributed by atoms with E-state index in [0.29, 0.717) is 47.2 Å². The fourth-order valence-corrected chi connectivity index (χ4v) is 8.58. The second kappa shape index (κ2) is 12.2. The molecule has 2 aromatic heterocycles. The van der Waals surface area contributed by atoms with Gasteiger partial charge in [0.15, 0.2) is 5.69 Å². The lowest BCUT2D eigenvalue weighted by molar-refractivity contribution is 0.0594. The number of benzene rings is 2. The standard InChI is InChI=1S/C37H38N4O5S/c1-20-14-23(19-38)15-21(2)31(20)40-34(42)27-16-28-30(46-12-8-24-9-13-47-33(24)28)17-26(27)25-4-5-29(39-32(25)36(44)45-3)35(43)41-37-10-6-22(18-37)7-11-37/h4-5,9,13-17,22H,6-8,10-12,18-19,38H2,1-3H3,(H,40,42)(H,41,43). The highest BCUT2D eigenvalue weighted by molar-refractivity contribution is 7.13. The predicted octanol–water partition coefficient (Wildman–Crippen LogP) is 6.59. The van der Waals surface area contributed by atoms with Crippen LogP contribution in [0.4, 0.5) is 5.69 Å². The van der Waals surface area contributed by atoms with E-state index in [9.17, 15) is 14.4 Å². The molecule has 7 rings (SSSR count). The smallest absolute Gasteiger partial charge is 0.357 e. The van der Waals surface area contributed by atoms with Crippen molar-refractivity contribution in [3.63, 3.8) is 0 Å². The third-order valence-corrected chi connectivity index (χ3v) is 11.0. The summed E-state index contributed by atoms with van der Waals surface area (Å²) in [7, 11) is 1.28. The van der Waals surface area contributed by atoms with Crippen LogP contribution in [0.15, 0.2) is 47.8 Å². The SMILES string of the molecule is COC(=O)c1nc(C(=O)NC23CCC(CC2)C3)ccc1-c1cc2c(cc1C(=O)Nc1c(C)cc(CN)cc1C)-c1sccc1CCO2. The summed E-state index contributed by atoms with van der Waals surface area (Å²) in [5, 5.41) is 8.40. The summed E-state index contributed by atoms with van der Waals surface area (Å²) in [4.78, 5) is 46.7. The van der Waals surface area contributed by atoms with Crippen molar-refractivity contribution in [1.82, 2.24) is 10.3 Å². The summed E-state index contributed by atoms with van der Waals surface area (Å²) in [6, 6.07) is 12.9. The van der Waals surface area contributed by atoms with E-state index in [0.717, 1.165) is 71.2 Å². The Hall–Kier alpha value is -4.54. The van der Waals surface area contributed by atoms with E-state index in [2.05, 4.69) is 21.7 Å². The monoisotopic (exact) mass is 650 g/mol. The molecule has 9 nitrogen and oxygen atoms in total. The zero-order valence-corrected chi connectivity index (χ0v) is 27.6. The van der Waals surface area contributed by atoms with Crippen molar-refractivity contribution >= 4 is 34.8 Å². The number of carbonyl (C=O) groups is 3. The molecule has 3 heterocycles. The van der Waals surface area contributed by atoms with E-state index in [-0.39, 0.29) is 28.7 Å². The van der Waals surface area contributed by atoms with Gasteiger partial charge in [-0.2, -0.15) is 0 Å². The van der Waals surface area contributed by atoms with Crippen LogP contribution in [-0.2, 0) is 17.7 Å². The Morgan fingerprint density at radius 2 is 1.79 bits per heavy atom. The fraction of sp³-hybridized carbons (Fsp3) is 0.351. The molecule has 0 radical (unpaired) electrons. The number of nitrogens with two attached hydrogens (primary N) is 1. The van der Waals surface area contributed by atoms with Crippen molar-refractivity contribution in [2.75, 3.05) is 19.0 Å². The minimum Gasteiger partial charge on any atom is -0.493 e. The van der Waals surface area contributed by atoms with Gasteiger partial charge in [0.25, 0.3) is 11.8 Å². The number of ether oxygens (including phenoxy) is 2. The summed E-state index contributed by atoms with van der Waals surface area (Å²) in [6.07, 6.45) is 5.87. The highest BCUT2D eigenvalue weighted by Gasteiger charge is 2.46. The van der Waals surface area contributed by atoms with Crippen LogP contribution < -0.4 is 21.1 Å². The number of esters is 1. The molecule has 0 spiro atoms. The van der Waals surface area contributed by atoms with E-state index in [4.69, 9.17) is 15.2 Å². The largest absolute Gasteiger partial charge is 0.493 e. The molecule has 10 heteroatoms. The summed E-state index contributed by atoms with van der Waals surface area (Å²) in [5.74, 6) is -0.115. The molecular weight excluding hydrogens is 612 g/mol. The van der Waals surface area contributed by atoms with Gasteiger partial charge in [0, 0.05) is 51.3 Å². The molecule has 2 aromatic carbocycles. The Kier molecular flexibility index (Phi) is 8.09. The van der Waals surface area contributed by atoms with Crippen LogP contribution in [0.1, 0.15) is 85.7 Å². The lowest BCUT2D eigenvalue weighted by Crippen LogP contribution is -2.45. The molecule has 47 heavy (non-hydrogen) atoms. The molecule has 0 atom stereocenters. The number of carbonyl (C=O) groups excluding carboxylic acids is 3. The minimum absolute atomic E-state index is 0.0486. The first-order chi connectivity index (χ1) is 22.7. The van der Waals surface area contributed by atoms with Crippen molar-refractivity contribution in [2.45, 2.75) is 64.5 Å². The number of pyridine rings is 1. The van der Waals surface area contributed by atoms with Gasteiger partial charge in [-0.25, -0.2) is 9.78 Å². The van der Waals surface area contributed by atoms with Gasteiger partial charge < -0.3 is 25.8 Å². The molecule has 4 N–H and O–H groups in total. The number of nitrogens with zero attached hydrogens (tertiary/aromatic N) is 1. The first-order valence-electron chi connectivity index (χ1n) is 16.1. The highest BCUT2D eigenvalue weighted by Crippen LogP contribution is 2.48. The number of aryl methyl sites for hydroxylation is 2. The van der Waals surface area contributed by atoms with E-state index in [1.54, 1.807) is 29.5 Å². The summed E-state index contributed by atoms with van der Waals surface area (Å²) < 4.78 is 11.4. The van der Waals surface area contributed by atoms with Gasteiger partial charge in [0.1, 0.15) is 11.4 Å². The Morgan fingerprint density at radius 1 is 1.02 bits per heavy atom. The van der Waals surface area contributed by atoms with Crippen LogP contribution in [0, 0.1) is 19.8 Å². The fourth-order valence-electron chi connectivity index (χ4n) is 7.60. The zero-order valence-electron chi connectivity index (χ0n) is 26.8. The number of aromatic nitrogens is 1. The summed E-state index contributed by atoms with van der Waals surface area (Å²) in [5.41, 5.74) is 12.3. The zero-order chi connectivity index (χ0) is 32.9. The molecule has 2 amide bonds.